The van der Waals surface area contributed by atoms with Gasteiger partial charge in [-0.15, -0.1) is 0 Å². The SMILES string of the molecule is CCCCCCCCCSCSCCCCCCCCC1(CCCCCCCCSCSCCCCCCCCC)OCC(CCOS(C)(=O)=O)O1. The summed E-state index contributed by atoms with van der Waals surface area (Å²) >= 11 is 8.52. The van der Waals surface area contributed by atoms with Gasteiger partial charge in [0, 0.05) is 29.4 Å². The Morgan fingerprint density at radius 3 is 1.25 bits per heavy atom. The average molecular weight is 829 g/mol. The summed E-state index contributed by atoms with van der Waals surface area (Å²) in [6.45, 7) is 5.28. The van der Waals surface area contributed by atoms with Crippen molar-refractivity contribution in [3.05, 3.63) is 0 Å². The number of rotatable bonds is 42. The van der Waals surface area contributed by atoms with Crippen molar-refractivity contribution in [2.24, 2.45) is 0 Å². The van der Waals surface area contributed by atoms with Crippen LogP contribution in [0.15, 0.2) is 0 Å². The molecule has 0 aromatic carbocycles. The first-order chi connectivity index (χ1) is 25.4. The first-order valence-electron chi connectivity index (χ1n) is 21.9. The predicted octanol–water partition coefficient (Wildman–Crippen LogP) is 14.3. The summed E-state index contributed by atoms with van der Waals surface area (Å²) in [5.41, 5.74) is 0. The van der Waals surface area contributed by atoms with Crippen molar-refractivity contribution in [3.8, 4) is 0 Å². The quantitative estimate of drug-likeness (QED) is 0.0340. The van der Waals surface area contributed by atoms with Crippen molar-refractivity contribution >= 4 is 57.2 Å². The third-order valence-corrected chi connectivity index (χ3v) is 15.5. The lowest BCUT2D eigenvalue weighted by molar-refractivity contribution is -0.180. The lowest BCUT2D eigenvalue weighted by Crippen LogP contribution is -2.31. The van der Waals surface area contributed by atoms with E-state index in [0.29, 0.717) is 13.0 Å². The van der Waals surface area contributed by atoms with Gasteiger partial charge in [0.1, 0.15) is 0 Å². The zero-order valence-corrected chi connectivity index (χ0v) is 38.4. The molecule has 1 saturated heterocycles. The van der Waals surface area contributed by atoms with Crippen molar-refractivity contribution < 1.29 is 22.1 Å². The molecule has 0 N–H and O–H groups in total. The third-order valence-electron chi connectivity index (χ3n) is 9.96. The number of hydrogen-bond acceptors (Lipinski definition) is 9. The van der Waals surface area contributed by atoms with Crippen molar-refractivity contribution in [2.75, 3.05) is 52.7 Å². The third kappa shape index (κ3) is 34.5. The van der Waals surface area contributed by atoms with Crippen LogP contribution >= 0.6 is 47.0 Å². The number of thioether (sulfide) groups is 4. The van der Waals surface area contributed by atoms with Crippen LogP contribution in [0.2, 0.25) is 0 Å². The molecule has 0 aromatic rings. The minimum atomic E-state index is -3.43. The van der Waals surface area contributed by atoms with Gasteiger partial charge in [-0.2, -0.15) is 55.5 Å². The maximum atomic E-state index is 11.4. The average Bonchev–Trinajstić information content (AvgIpc) is 3.52. The highest BCUT2D eigenvalue weighted by molar-refractivity contribution is 8.16. The fourth-order valence-electron chi connectivity index (χ4n) is 6.76. The van der Waals surface area contributed by atoms with Crippen LogP contribution in [0.4, 0.5) is 0 Å². The minimum absolute atomic E-state index is 0.0841. The Morgan fingerprint density at radius 2 is 0.885 bits per heavy atom. The highest BCUT2D eigenvalue weighted by atomic mass is 32.2. The van der Waals surface area contributed by atoms with Gasteiger partial charge in [-0.1, -0.05) is 142 Å². The van der Waals surface area contributed by atoms with Crippen LogP contribution in [0.25, 0.3) is 0 Å². The lowest BCUT2D eigenvalue weighted by Gasteiger charge is -2.28. The van der Waals surface area contributed by atoms with E-state index in [1.165, 1.54) is 187 Å². The van der Waals surface area contributed by atoms with E-state index >= 15 is 0 Å². The molecule has 10 heteroatoms. The van der Waals surface area contributed by atoms with Gasteiger partial charge >= 0.3 is 0 Å². The maximum Gasteiger partial charge on any atom is 0.264 e. The monoisotopic (exact) mass is 828 g/mol. The topological polar surface area (TPSA) is 61.8 Å². The van der Waals surface area contributed by atoms with Gasteiger partial charge in [-0.25, -0.2) is 0 Å². The summed E-state index contributed by atoms with van der Waals surface area (Å²) in [6.07, 6.45) is 38.4. The van der Waals surface area contributed by atoms with Gasteiger partial charge in [0.05, 0.1) is 25.6 Å². The Morgan fingerprint density at radius 1 is 0.538 bits per heavy atom. The van der Waals surface area contributed by atoms with Crippen LogP contribution in [-0.4, -0.2) is 73.0 Å². The molecule has 1 rings (SSSR count). The van der Waals surface area contributed by atoms with E-state index in [2.05, 4.69) is 60.9 Å². The molecule has 0 radical (unpaired) electrons. The summed E-state index contributed by atoms with van der Waals surface area (Å²) < 4.78 is 40.7. The van der Waals surface area contributed by atoms with Crippen LogP contribution in [-0.2, 0) is 23.8 Å². The van der Waals surface area contributed by atoms with E-state index in [9.17, 15) is 8.42 Å². The highest BCUT2D eigenvalue weighted by Gasteiger charge is 2.40. The number of ether oxygens (including phenoxy) is 2. The largest absolute Gasteiger partial charge is 0.347 e. The van der Waals surface area contributed by atoms with Gasteiger partial charge in [0.2, 0.25) is 0 Å². The van der Waals surface area contributed by atoms with E-state index in [0.717, 1.165) is 31.9 Å². The minimum Gasteiger partial charge on any atom is -0.347 e. The molecule has 1 aliphatic rings. The zero-order chi connectivity index (χ0) is 37.7. The molecular formula is C42H84O5S5. The molecule has 1 fully saturated rings. The van der Waals surface area contributed by atoms with Gasteiger partial charge in [0.15, 0.2) is 5.79 Å². The molecule has 1 aliphatic heterocycles. The lowest BCUT2D eigenvalue weighted by atomic mass is 9.99. The van der Waals surface area contributed by atoms with E-state index < -0.39 is 15.9 Å². The molecule has 0 bridgehead atoms. The molecule has 1 atom stereocenters. The van der Waals surface area contributed by atoms with Gasteiger partial charge in [-0.3, -0.25) is 4.18 Å². The molecule has 1 unspecified atom stereocenters. The molecule has 52 heavy (non-hydrogen) atoms. The maximum absolute atomic E-state index is 11.4. The van der Waals surface area contributed by atoms with Crippen LogP contribution < -0.4 is 0 Å². The predicted molar refractivity (Wildman–Crippen MR) is 239 cm³/mol. The van der Waals surface area contributed by atoms with E-state index in [1.807, 2.05) is 0 Å². The van der Waals surface area contributed by atoms with Crippen molar-refractivity contribution in [1.82, 2.24) is 0 Å². The summed E-state index contributed by atoms with van der Waals surface area (Å²) in [6, 6.07) is 0. The Hall–Kier alpha value is 1.23. The fraction of sp³-hybridized carbons (Fsp3) is 1.00. The second-order valence-electron chi connectivity index (χ2n) is 15.1. The number of hydrogen-bond donors (Lipinski definition) is 0. The molecule has 5 nitrogen and oxygen atoms in total. The van der Waals surface area contributed by atoms with Crippen molar-refractivity contribution in [3.63, 3.8) is 0 Å². The normalized spacial score (nSPS) is 15.9. The van der Waals surface area contributed by atoms with Crippen LogP contribution in [0, 0.1) is 0 Å². The van der Waals surface area contributed by atoms with Gasteiger partial charge in [0.25, 0.3) is 10.1 Å². The molecular weight excluding hydrogens is 745 g/mol. The standard InChI is InChI=1S/C42H84O5S5/c1-4-6-8-10-14-20-26-34-48-39-50-36-28-22-16-12-18-24-31-42(45-38-41(47-42)30-33-46-52(3,43)44)32-25-19-13-17-23-29-37-51-40-49-35-27-21-15-11-9-7-5-2/h41H,4-40H2,1-3H3. The Bertz CT molecular complexity index is 807. The summed E-state index contributed by atoms with van der Waals surface area (Å²) in [5.74, 6) is 4.78. The molecule has 1 heterocycles. The Kier molecular flexibility index (Phi) is 37.2. The molecule has 0 saturated carbocycles. The molecule has 0 aliphatic carbocycles. The molecule has 0 amide bonds. The van der Waals surface area contributed by atoms with Crippen LogP contribution in [0.3, 0.4) is 0 Å². The first-order valence-corrected chi connectivity index (χ1v) is 28.3. The summed E-state index contributed by atoms with van der Waals surface area (Å²) in [4.78, 5) is 0. The zero-order valence-electron chi connectivity index (χ0n) is 34.3. The fourth-order valence-corrected chi connectivity index (χ4v) is 11.6. The smallest absolute Gasteiger partial charge is 0.264 e. The van der Waals surface area contributed by atoms with E-state index in [1.54, 1.807) is 0 Å². The molecule has 312 valence electrons. The Labute approximate surface area is 341 Å². The first kappa shape index (κ1) is 51.2. The highest BCUT2D eigenvalue weighted by Crippen LogP contribution is 2.36. The second kappa shape index (κ2) is 37.8. The molecule has 0 spiro atoms. The van der Waals surface area contributed by atoms with Gasteiger partial charge in [-0.05, 0) is 61.5 Å². The molecule has 0 aromatic heterocycles. The van der Waals surface area contributed by atoms with E-state index in [-0.39, 0.29) is 12.7 Å². The number of unbranched alkanes of at least 4 members (excludes halogenated alkanes) is 22. The van der Waals surface area contributed by atoms with Crippen LogP contribution in [0.5, 0.6) is 0 Å². The van der Waals surface area contributed by atoms with Crippen LogP contribution in [0.1, 0.15) is 200 Å². The van der Waals surface area contributed by atoms with E-state index in [4.69, 9.17) is 13.7 Å². The summed E-state index contributed by atoms with van der Waals surface area (Å²) in [5, 5.41) is 2.52. The Balaban J connectivity index is 2.11. The van der Waals surface area contributed by atoms with Crippen molar-refractivity contribution in [2.45, 2.75) is 212 Å². The van der Waals surface area contributed by atoms with Crippen molar-refractivity contribution in [1.29, 1.82) is 0 Å². The summed E-state index contributed by atoms with van der Waals surface area (Å²) in [7, 11) is -3.43. The van der Waals surface area contributed by atoms with Gasteiger partial charge < -0.3 is 9.47 Å². The second-order valence-corrected chi connectivity index (χ2v) is 21.9.